The Bertz CT molecular complexity index is 407. The van der Waals surface area contributed by atoms with Crippen molar-refractivity contribution >= 4 is 5.91 Å². The number of hydrogen-bond donors (Lipinski definition) is 1. The van der Waals surface area contributed by atoms with Crippen LogP contribution in [0.1, 0.15) is 17.9 Å². The number of amides is 1. The molecule has 4 heteroatoms. The Morgan fingerprint density at radius 3 is 2.74 bits per heavy atom. The number of aliphatic hydroxyl groups is 1. The van der Waals surface area contributed by atoms with E-state index in [2.05, 4.69) is 12.1 Å². The number of ether oxygens (including phenoxy) is 1. The van der Waals surface area contributed by atoms with Crippen molar-refractivity contribution in [2.24, 2.45) is 5.92 Å². The number of rotatable bonds is 7. The first kappa shape index (κ1) is 14.0. The average molecular weight is 263 g/mol. The van der Waals surface area contributed by atoms with Crippen LogP contribution in [0.15, 0.2) is 30.3 Å². The van der Waals surface area contributed by atoms with E-state index in [4.69, 9.17) is 9.84 Å². The standard InChI is InChI=1S/C15H21NO3/c1-19-10-8-16(7-9-17)15(18)14-11-13(14)12-5-3-2-4-6-12/h2-6,13-14,17H,7-11H2,1H3. The predicted molar refractivity (Wildman–Crippen MR) is 72.8 cm³/mol. The zero-order valence-corrected chi connectivity index (χ0v) is 11.3. The summed E-state index contributed by atoms with van der Waals surface area (Å²) in [7, 11) is 1.62. The van der Waals surface area contributed by atoms with E-state index in [1.165, 1.54) is 5.56 Å². The fraction of sp³-hybridized carbons (Fsp3) is 0.533. The van der Waals surface area contributed by atoms with Crippen molar-refractivity contribution in [2.75, 3.05) is 33.4 Å². The summed E-state index contributed by atoms with van der Waals surface area (Å²) < 4.78 is 5.00. The molecule has 104 valence electrons. The second kappa shape index (κ2) is 6.68. The van der Waals surface area contributed by atoms with Gasteiger partial charge in [-0.05, 0) is 17.9 Å². The fourth-order valence-corrected chi connectivity index (χ4v) is 2.43. The molecule has 0 heterocycles. The minimum atomic E-state index is -0.00181. The summed E-state index contributed by atoms with van der Waals surface area (Å²) in [5.41, 5.74) is 1.23. The highest BCUT2D eigenvalue weighted by Gasteiger charge is 2.45. The predicted octanol–water partition coefficient (Wildman–Crippen LogP) is 1.26. The van der Waals surface area contributed by atoms with Crippen molar-refractivity contribution < 1.29 is 14.6 Å². The van der Waals surface area contributed by atoms with E-state index in [1.807, 2.05) is 18.2 Å². The van der Waals surface area contributed by atoms with Crippen molar-refractivity contribution in [1.29, 1.82) is 0 Å². The molecule has 1 aliphatic carbocycles. The monoisotopic (exact) mass is 263 g/mol. The quantitative estimate of drug-likeness (QED) is 0.805. The third kappa shape index (κ3) is 3.55. The summed E-state index contributed by atoms with van der Waals surface area (Å²) in [6.07, 6.45) is 0.914. The van der Waals surface area contributed by atoms with Crippen molar-refractivity contribution in [1.82, 2.24) is 4.90 Å². The number of benzene rings is 1. The minimum Gasteiger partial charge on any atom is -0.395 e. The van der Waals surface area contributed by atoms with Gasteiger partial charge in [-0.15, -0.1) is 0 Å². The number of carbonyl (C=O) groups excluding carboxylic acids is 1. The van der Waals surface area contributed by atoms with Crippen LogP contribution in [0.5, 0.6) is 0 Å². The molecule has 2 unspecified atom stereocenters. The first-order chi connectivity index (χ1) is 9.27. The van der Waals surface area contributed by atoms with Crippen LogP contribution in [0.2, 0.25) is 0 Å². The van der Waals surface area contributed by atoms with Crippen LogP contribution in [0.3, 0.4) is 0 Å². The van der Waals surface area contributed by atoms with Gasteiger partial charge >= 0.3 is 0 Å². The molecule has 1 saturated carbocycles. The lowest BCUT2D eigenvalue weighted by Gasteiger charge is -2.21. The van der Waals surface area contributed by atoms with Gasteiger partial charge in [0.2, 0.25) is 5.91 Å². The molecule has 1 N–H and O–H groups in total. The molecule has 2 atom stereocenters. The van der Waals surface area contributed by atoms with Gasteiger partial charge in [-0.2, -0.15) is 0 Å². The summed E-state index contributed by atoms with van der Waals surface area (Å²) >= 11 is 0. The van der Waals surface area contributed by atoms with Crippen LogP contribution in [0.25, 0.3) is 0 Å². The molecule has 0 saturated heterocycles. The molecular formula is C15H21NO3. The number of carbonyl (C=O) groups is 1. The van der Waals surface area contributed by atoms with Crippen molar-refractivity contribution in [2.45, 2.75) is 12.3 Å². The lowest BCUT2D eigenvalue weighted by molar-refractivity contribution is -0.133. The molecule has 4 nitrogen and oxygen atoms in total. The van der Waals surface area contributed by atoms with E-state index in [-0.39, 0.29) is 18.4 Å². The van der Waals surface area contributed by atoms with E-state index in [0.29, 0.717) is 25.6 Å². The topological polar surface area (TPSA) is 49.8 Å². The lowest BCUT2D eigenvalue weighted by Crippen LogP contribution is -2.37. The van der Waals surface area contributed by atoms with Gasteiger partial charge in [0.05, 0.1) is 13.2 Å². The highest BCUT2D eigenvalue weighted by atomic mass is 16.5. The Balaban J connectivity index is 1.93. The van der Waals surface area contributed by atoms with Gasteiger partial charge in [0.1, 0.15) is 0 Å². The van der Waals surface area contributed by atoms with Crippen LogP contribution in [-0.4, -0.2) is 49.3 Å². The molecule has 1 aliphatic rings. The summed E-state index contributed by atoms with van der Waals surface area (Å²) in [5, 5.41) is 9.04. The molecule has 0 spiro atoms. The maximum absolute atomic E-state index is 12.3. The zero-order chi connectivity index (χ0) is 13.7. The van der Waals surface area contributed by atoms with Crippen LogP contribution < -0.4 is 0 Å². The molecule has 0 radical (unpaired) electrons. The largest absolute Gasteiger partial charge is 0.395 e. The Morgan fingerprint density at radius 2 is 2.11 bits per heavy atom. The molecule has 0 bridgehead atoms. The average Bonchev–Trinajstić information content (AvgIpc) is 3.24. The van der Waals surface area contributed by atoms with E-state index in [0.717, 1.165) is 6.42 Å². The number of methoxy groups -OCH3 is 1. The van der Waals surface area contributed by atoms with Gasteiger partial charge in [-0.25, -0.2) is 0 Å². The van der Waals surface area contributed by atoms with Crippen molar-refractivity contribution in [3.8, 4) is 0 Å². The molecule has 0 aromatic heterocycles. The number of aliphatic hydroxyl groups excluding tert-OH is 1. The van der Waals surface area contributed by atoms with E-state index < -0.39 is 0 Å². The highest BCUT2D eigenvalue weighted by Crippen LogP contribution is 2.48. The third-order valence-electron chi connectivity index (χ3n) is 3.58. The Morgan fingerprint density at radius 1 is 1.37 bits per heavy atom. The molecule has 1 aromatic rings. The third-order valence-corrected chi connectivity index (χ3v) is 3.58. The summed E-state index contributed by atoms with van der Waals surface area (Å²) in [6, 6.07) is 10.1. The second-order valence-electron chi connectivity index (χ2n) is 4.90. The van der Waals surface area contributed by atoms with Gasteiger partial charge in [0.25, 0.3) is 0 Å². The van der Waals surface area contributed by atoms with E-state index in [9.17, 15) is 4.79 Å². The molecule has 0 aliphatic heterocycles. The van der Waals surface area contributed by atoms with Gasteiger partial charge < -0.3 is 14.7 Å². The maximum atomic E-state index is 12.3. The first-order valence-electron chi connectivity index (χ1n) is 6.71. The molecule has 1 aromatic carbocycles. The minimum absolute atomic E-state index is 0.00181. The van der Waals surface area contributed by atoms with Crippen LogP contribution in [0, 0.1) is 5.92 Å². The molecule has 1 fully saturated rings. The lowest BCUT2D eigenvalue weighted by atomic mass is 10.1. The zero-order valence-electron chi connectivity index (χ0n) is 11.3. The Labute approximate surface area is 114 Å². The van der Waals surface area contributed by atoms with Gasteiger partial charge in [-0.3, -0.25) is 4.79 Å². The van der Waals surface area contributed by atoms with E-state index in [1.54, 1.807) is 12.0 Å². The molecular weight excluding hydrogens is 242 g/mol. The summed E-state index contributed by atoms with van der Waals surface area (Å²) in [4.78, 5) is 14.0. The normalized spacial score (nSPS) is 21.2. The SMILES string of the molecule is COCCN(CCO)C(=O)C1CC1c1ccccc1. The Kier molecular flexibility index (Phi) is 4.93. The van der Waals surface area contributed by atoms with Gasteiger partial charge in [0.15, 0.2) is 0 Å². The molecule has 1 amide bonds. The maximum Gasteiger partial charge on any atom is 0.226 e. The second-order valence-corrected chi connectivity index (χ2v) is 4.90. The molecule has 2 rings (SSSR count). The number of hydrogen-bond acceptors (Lipinski definition) is 3. The number of nitrogens with zero attached hydrogens (tertiary/aromatic N) is 1. The van der Waals surface area contributed by atoms with Crippen LogP contribution in [0.4, 0.5) is 0 Å². The van der Waals surface area contributed by atoms with Crippen molar-refractivity contribution in [3.63, 3.8) is 0 Å². The van der Waals surface area contributed by atoms with Crippen molar-refractivity contribution in [3.05, 3.63) is 35.9 Å². The van der Waals surface area contributed by atoms with Gasteiger partial charge in [-0.1, -0.05) is 30.3 Å². The summed E-state index contributed by atoms with van der Waals surface area (Å²) in [5.74, 6) is 0.559. The smallest absolute Gasteiger partial charge is 0.226 e. The molecule has 19 heavy (non-hydrogen) atoms. The highest BCUT2D eigenvalue weighted by molar-refractivity contribution is 5.83. The summed E-state index contributed by atoms with van der Waals surface area (Å²) in [6.45, 7) is 1.45. The van der Waals surface area contributed by atoms with Gasteiger partial charge in [0, 0.05) is 26.1 Å². The van der Waals surface area contributed by atoms with Crippen LogP contribution >= 0.6 is 0 Å². The first-order valence-corrected chi connectivity index (χ1v) is 6.71. The fourth-order valence-electron chi connectivity index (χ4n) is 2.43. The van der Waals surface area contributed by atoms with E-state index >= 15 is 0 Å². The Hall–Kier alpha value is -1.39. The van der Waals surface area contributed by atoms with Crippen LogP contribution in [-0.2, 0) is 9.53 Å².